The molecule has 1 aromatic heterocycles. The summed E-state index contributed by atoms with van der Waals surface area (Å²) in [5.41, 5.74) is 2.39. The molecule has 0 N–H and O–H groups in total. The fraction of sp³-hybridized carbons (Fsp3) is 0.182. The van der Waals surface area contributed by atoms with Gasteiger partial charge in [-0.25, -0.2) is 0 Å². The third-order valence-electron chi connectivity index (χ3n) is 1.77. The van der Waals surface area contributed by atoms with Crippen molar-refractivity contribution < 1.29 is 0 Å². The molecule has 12 heavy (non-hydrogen) atoms. The van der Waals surface area contributed by atoms with Crippen molar-refractivity contribution in [3.63, 3.8) is 0 Å². The quantitative estimate of drug-likeness (QED) is 0.615. The molecule has 0 atom stereocenters. The number of aryl methyl sites for hydroxylation is 1. The van der Waals surface area contributed by atoms with E-state index in [1.807, 2.05) is 24.5 Å². The van der Waals surface area contributed by atoms with E-state index in [-0.39, 0.29) is 0 Å². The highest BCUT2D eigenvalue weighted by atomic mass is 14.6. The van der Waals surface area contributed by atoms with Crippen molar-refractivity contribution in [2.75, 3.05) is 0 Å². The van der Waals surface area contributed by atoms with Gasteiger partial charge in [0.05, 0.1) is 0 Å². The maximum atomic E-state index is 3.95. The Kier molecular flexibility index (Phi) is 3.27. The van der Waals surface area contributed by atoms with Crippen LogP contribution >= 0.6 is 0 Å². The van der Waals surface area contributed by atoms with Crippen molar-refractivity contribution in [3.8, 4) is 0 Å². The predicted molar refractivity (Wildman–Crippen MR) is 51.9 cm³/mol. The van der Waals surface area contributed by atoms with Gasteiger partial charge in [-0.15, -0.1) is 0 Å². The molecule has 0 aliphatic rings. The van der Waals surface area contributed by atoms with Crippen LogP contribution < -0.4 is 0 Å². The monoisotopic (exact) mass is 159 g/mol. The Morgan fingerprint density at radius 2 is 2.08 bits per heavy atom. The molecule has 1 heteroatoms. The van der Waals surface area contributed by atoms with Crippen molar-refractivity contribution >= 4 is 0 Å². The molecule has 0 aliphatic carbocycles. The van der Waals surface area contributed by atoms with Crippen LogP contribution in [-0.4, -0.2) is 4.98 Å². The maximum absolute atomic E-state index is 3.95. The molecule has 0 saturated carbocycles. The summed E-state index contributed by atoms with van der Waals surface area (Å²) in [6.07, 6.45) is 7.43. The zero-order valence-corrected chi connectivity index (χ0v) is 7.16. The van der Waals surface area contributed by atoms with E-state index in [2.05, 4.69) is 18.1 Å². The standard InChI is InChI=1S/C11H13N/c1-3-10(2)4-5-11-6-8-12-9-7-11/h3,6-9H,1-2,4-5H2. The first-order valence-corrected chi connectivity index (χ1v) is 4.02. The van der Waals surface area contributed by atoms with Crippen LogP contribution in [0.25, 0.3) is 0 Å². The highest BCUT2D eigenvalue weighted by Gasteiger charge is 1.92. The number of aromatic nitrogens is 1. The Hall–Kier alpha value is -1.37. The van der Waals surface area contributed by atoms with Crippen LogP contribution in [0.5, 0.6) is 0 Å². The van der Waals surface area contributed by atoms with Crippen molar-refractivity contribution in [1.82, 2.24) is 4.98 Å². The Balaban J connectivity index is 2.43. The lowest BCUT2D eigenvalue weighted by atomic mass is 10.1. The maximum Gasteiger partial charge on any atom is 0.0270 e. The summed E-state index contributed by atoms with van der Waals surface area (Å²) in [6, 6.07) is 4.05. The summed E-state index contributed by atoms with van der Waals surface area (Å²) in [5, 5.41) is 0. The summed E-state index contributed by atoms with van der Waals surface area (Å²) >= 11 is 0. The normalized spacial score (nSPS) is 9.33. The average molecular weight is 159 g/mol. The highest BCUT2D eigenvalue weighted by Crippen LogP contribution is 2.06. The minimum atomic E-state index is 0.980. The zero-order chi connectivity index (χ0) is 8.81. The van der Waals surface area contributed by atoms with E-state index in [0.29, 0.717) is 0 Å². The first-order chi connectivity index (χ1) is 5.83. The van der Waals surface area contributed by atoms with Gasteiger partial charge in [-0.05, 0) is 30.5 Å². The van der Waals surface area contributed by atoms with Crippen molar-refractivity contribution in [1.29, 1.82) is 0 Å². The summed E-state index contributed by atoms with van der Waals surface area (Å²) in [5.74, 6) is 0. The molecule has 0 radical (unpaired) electrons. The smallest absolute Gasteiger partial charge is 0.0270 e. The second-order valence-corrected chi connectivity index (χ2v) is 2.72. The van der Waals surface area contributed by atoms with Gasteiger partial charge < -0.3 is 0 Å². The van der Waals surface area contributed by atoms with E-state index in [1.54, 1.807) is 6.08 Å². The van der Waals surface area contributed by atoms with E-state index in [1.165, 1.54) is 5.56 Å². The highest BCUT2D eigenvalue weighted by molar-refractivity contribution is 5.16. The molecular weight excluding hydrogens is 146 g/mol. The van der Waals surface area contributed by atoms with Crippen molar-refractivity contribution in [2.24, 2.45) is 0 Å². The molecule has 0 unspecified atom stereocenters. The van der Waals surface area contributed by atoms with Crippen LogP contribution in [-0.2, 0) is 6.42 Å². The van der Waals surface area contributed by atoms with Crippen molar-refractivity contribution in [2.45, 2.75) is 12.8 Å². The lowest BCUT2D eigenvalue weighted by molar-refractivity contribution is 0.964. The van der Waals surface area contributed by atoms with Gasteiger partial charge in [0.1, 0.15) is 0 Å². The number of nitrogens with zero attached hydrogens (tertiary/aromatic N) is 1. The van der Waals surface area contributed by atoms with Gasteiger partial charge in [-0.1, -0.05) is 24.8 Å². The predicted octanol–water partition coefficient (Wildman–Crippen LogP) is 2.76. The van der Waals surface area contributed by atoms with Crippen LogP contribution in [0.2, 0.25) is 0 Å². The van der Waals surface area contributed by atoms with Gasteiger partial charge in [-0.2, -0.15) is 0 Å². The van der Waals surface area contributed by atoms with Gasteiger partial charge in [0, 0.05) is 12.4 Å². The lowest BCUT2D eigenvalue weighted by Crippen LogP contribution is -1.85. The first-order valence-electron chi connectivity index (χ1n) is 4.02. The van der Waals surface area contributed by atoms with Gasteiger partial charge in [0.25, 0.3) is 0 Å². The van der Waals surface area contributed by atoms with Gasteiger partial charge in [-0.3, -0.25) is 4.98 Å². The molecule has 0 fully saturated rings. The Labute approximate surface area is 73.5 Å². The van der Waals surface area contributed by atoms with Crippen LogP contribution in [0.3, 0.4) is 0 Å². The second-order valence-electron chi connectivity index (χ2n) is 2.72. The molecule has 0 bridgehead atoms. The summed E-state index contributed by atoms with van der Waals surface area (Å²) in [7, 11) is 0. The second kappa shape index (κ2) is 4.50. The van der Waals surface area contributed by atoms with Gasteiger partial charge in [0.2, 0.25) is 0 Å². The van der Waals surface area contributed by atoms with Crippen LogP contribution in [0, 0.1) is 0 Å². The van der Waals surface area contributed by atoms with E-state index in [4.69, 9.17) is 0 Å². The molecule has 1 nitrogen and oxygen atoms in total. The zero-order valence-electron chi connectivity index (χ0n) is 7.16. The molecule has 1 heterocycles. The van der Waals surface area contributed by atoms with Crippen LogP contribution in [0.15, 0.2) is 49.3 Å². The van der Waals surface area contributed by atoms with Crippen LogP contribution in [0.1, 0.15) is 12.0 Å². The van der Waals surface area contributed by atoms with Crippen molar-refractivity contribution in [3.05, 3.63) is 54.9 Å². The summed E-state index contributed by atoms with van der Waals surface area (Å²) < 4.78 is 0. The lowest BCUT2D eigenvalue weighted by Gasteiger charge is -1.99. The molecule has 0 aliphatic heterocycles. The molecule has 0 saturated heterocycles. The number of rotatable bonds is 4. The fourth-order valence-electron chi connectivity index (χ4n) is 0.956. The van der Waals surface area contributed by atoms with E-state index in [9.17, 15) is 0 Å². The number of hydrogen-bond donors (Lipinski definition) is 0. The Morgan fingerprint density at radius 1 is 1.42 bits per heavy atom. The first kappa shape index (κ1) is 8.72. The number of allylic oxidation sites excluding steroid dienone is 2. The minimum Gasteiger partial charge on any atom is -0.265 e. The third-order valence-corrected chi connectivity index (χ3v) is 1.77. The molecule has 1 aromatic rings. The Morgan fingerprint density at radius 3 is 2.67 bits per heavy atom. The molecule has 0 spiro atoms. The molecule has 1 rings (SSSR count). The van der Waals surface area contributed by atoms with Gasteiger partial charge >= 0.3 is 0 Å². The van der Waals surface area contributed by atoms with E-state index in [0.717, 1.165) is 18.4 Å². The average Bonchev–Trinajstić information content (AvgIpc) is 2.16. The summed E-state index contributed by atoms with van der Waals surface area (Å²) in [4.78, 5) is 3.95. The minimum absolute atomic E-state index is 0.980. The SMILES string of the molecule is C=CC(=C)CCc1ccncc1. The Bertz CT molecular complexity index is 262. The van der Waals surface area contributed by atoms with E-state index < -0.39 is 0 Å². The topological polar surface area (TPSA) is 12.9 Å². The molecule has 0 amide bonds. The fourth-order valence-corrected chi connectivity index (χ4v) is 0.956. The largest absolute Gasteiger partial charge is 0.265 e. The third kappa shape index (κ3) is 2.70. The summed E-state index contributed by atoms with van der Waals surface area (Å²) in [6.45, 7) is 7.52. The van der Waals surface area contributed by atoms with Gasteiger partial charge in [0.15, 0.2) is 0 Å². The number of hydrogen-bond acceptors (Lipinski definition) is 1. The molecule has 62 valence electrons. The van der Waals surface area contributed by atoms with E-state index >= 15 is 0 Å². The molecule has 0 aromatic carbocycles. The number of pyridine rings is 1. The van der Waals surface area contributed by atoms with Crippen LogP contribution in [0.4, 0.5) is 0 Å². The molecular formula is C11H13N.